The lowest BCUT2D eigenvalue weighted by atomic mass is 10.0. The van der Waals surface area contributed by atoms with E-state index < -0.39 is 12.1 Å². The molecule has 2 atom stereocenters. The van der Waals surface area contributed by atoms with Crippen LogP contribution in [0.25, 0.3) is 0 Å². The molecule has 0 fully saturated rings. The van der Waals surface area contributed by atoms with Gasteiger partial charge in [0.15, 0.2) is 0 Å². The van der Waals surface area contributed by atoms with Crippen LogP contribution in [0.1, 0.15) is 239 Å². The molecule has 4 heteroatoms. The maximum atomic E-state index is 12.4. The number of carbonyl (C=O) groups is 1. The highest BCUT2D eigenvalue weighted by Gasteiger charge is 2.17. The molecule has 0 aliphatic carbocycles. The van der Waals surface area contributed by atoms with Gasteiger partial charge in [-0.15, -0.1) is 0 Å². The molecule has 0 saturated carbocycles. The molecular formula is C55H97NO3. The summed E-state index contributed by atoms with van der Waals surface area (Å²) >= 11 is 0. The highest BCUT2D eigenvalue weighted by atomic mass is 16.3. The fourth-order valence-electron chi connectivity index (χ4n) is 7.26. The third-order valence-electron chi connectivity index (χ3n) is 11.1. The van der Waals surface area contributed by atoms with Crippen molar-refractivity contribution >= 4 is 5.91 Å². The molecule has 4 nitrogen and oxygen atoms in total. The smallest absolute Gasteiger partial charge is 0.220 e. The predicted octanol–water partition coefficient (Wildman–Crippen LogP) is 16.4. The summed E-state index contributed by atoms with van der Waals surface area (Å²) in [6, 6.07) is -0.647. The largest absolute Gasteiger partial charge is 0.394 e. The van der Waals surface area contributed by atoms with E-state index in [4.69, 9.17) is 0 Å². The Morgan fingerprint density at radius 2 is 0.763 bits per heavy atom. The van der Waals surface area contributed by atoms with Crippen LogP contribution in [-0.2, 0) is 4.79 Å². The fraction of sp³-hybridized carbons (Fsp3) is 0.727. The normalized spacial score (nSPS) is 13.6. The molecule has 0 aromatic rings. The lowest BCUT2D eigenvalue weighted by molar-refractivity contribution is -0.123. The summed E-state index contributed by atoms with van der Waals surface area (Å²) in [4.78, 5) is 12.4. The van der Waals surface area contributed by atoms with Gasteiger partial charge in [0.1, 0.15) is 0 Å². The summed E-state index contributed by atoms with van der Waals surface area (Å²) in [5.41, 5.74) is 0. The second kappa shape index (κ2) is 49.9. The second-order valence-corrected chi connectivity index (χ2v) is 16.8. The predicted molar refractivity (Wildman–Crippen MR) is 262 cm³/mol. The number of unbranched alkanes of at least 4 members (excludes halogenated alkanes) is 26. The topological polar surface area (TPSA) is 69.6 Å². The van der Waals surface area contributed by atoms with Crippen LogP contribution in [0.2, 0.25) is 0 Å². The van der Waals surface area contributed by atoms with E-state index in [1.807, 2.05) is 6.08 Å². The van der Waals surface area contributed by atoms with Gasteiger partial charge in [0.2, 0.25) is 5.91 Å². The van der Waals surface area contributed by atoms with Crippen LogP contribution in [0, 0.1) is 0 Å². The number of carbonyl (C=O) groups excluding carboxylic acids is 1. The van der Waals surface area contributed by atoms with Crippen LogP contribution in [0.5, 0.6) is 0 Å². The average Bonchev–Trinajstić information content (AvgIpc) is 3.24. The molecule has 0 aliphatic rings. The quantitative estimate of drug-likeness (QED) is 0.0423. The first-order valence-corrected chi connectivity index (χ1v) is 25.3. The Kier molecular flexibility index (Phi) is 47.9. The van der Waals surface area contributed by atoms with Crippen molar-refractivity contribution in [3.63, 3.8) is 0 Å². The zero-order valence-corrected chi connectivity index (χ0v) is 39.0. The molecule has 3 N–H and O–H groups in total. The number of aliphatic hydroxyl groups excluding tert-OH is 2. The Morgan fingerprint density at radius 3 is 1.19 bits per heavy atom. The minimum atomic E-state index is -0.871. The van der Waals surface area contributed by atoms with E-state index >= 15 is 0 Å². The van der Waals surface area contributed by atoms with Crippen LogP contribution >= 0.6 is 0 Å². The van der Waals surface area contributed by atoms with Crippen molar-refractivity contribution in [1.82, 2.24) is 5.32 Å². The van der Waals surface area contributed by atoms with Gasteiger partial charge in [0, 0.05) is 6.42 Å². The number of hydrogen-bond acceptors (Lipinski definition) is 3. The first-order chi connectivity index (χ1) is 29.2. The van der Waals surface area contributed by atoms with Gasteiger partial charge in [-0.3, -0.25) is 4.79 Å². The third kappa shape index (κ3) is 46.5. The number of hydrogen-bond donors (Lipinski definition) is 3. The molecular weight excluding hydrogens is 723 g/mol. The minimum Gasteiger partial charge on any atom is -0.394 e. The first kappa shape index (κ1) is 56.6. The van der Waals surface area contributed by atoms with Crippen LogP contribution in [-0.4, -0.2) is 34.9 Å². The monoisotopic (exact) mass is 820 g/mol. The van der Waals surface area contributed by atoms with Gasteiger partial charge in [-0.05, 0) is 83.5 Å². The Balaban J connectivity index is 3.50. The summed E-state index contributed by atoms with van der Waals surface area (Å²) in [5.74, 6) is -0.0789. The SMILES string of the molecule is CC/C=C\C/C=C\C/C=C\C/C=C\CCCCCCCCCCCCCCCCCCCCCCC(=O)NC(CO)C(O)/C=C/CC/C=C/CC/C=C/CCCCCC. The molecule has 0 bridgehead atoms. The van der Waals surface area contributed by atoms with Gasteiger partial charge in [-0.2, -0.15) is 0 Å². The minimum absolute atomic E-state index is 0.0789. The Morgan fingerprint density at radius 1 is 0.424 bits per heavy atom. The van der Waals surface area contributed by atoms with Crippen molar-refractivity contribution in [3.8, 4) is 0 Å². The molecule has 2 unspecified atom stereocenters. The van der Waals surface area contributed by atoms with E-state index in [2.05, 4.69) is 92.1 Å². The van der Waals surface area contributed by atoms with Crippen LogP contribution in [0.3, 0.4) is 0 Å². The van der Waals surface area contributed by atoms with Gasteiger partial charge >= 0.3 is 0 Å². The standard InChI is InChI=1S/C55H97NO3/c1-3-5-7-9-11-13-15-17-19-20-21-22-23-24-25-26-27-28-29-30-31-32-33-34-35-36-37-39-41-43-45-47-49-51-55(59)56-53(52-57)54(58)50-48-46-44-42-40-38-18-16-14-12-10-8-6-4-2/h5,7,11,13-14,16-17,19,21-22,40,42,48,50,53-54,57-58H,3-4,6,8-10,12,15,18,20,23-39,41,43-47,49,51-52H2,1-2H3,(H,56,59)/b7-5-,13-11-,16-14+,19-17-,22-21-,42-40+,50-48+. The van der Waals surface area contributed by atoms with E-state index in [9.17, 15) is 15.0 Å². The summed E-state index contributed by atoms with van der Waals surface area (Å²) in [5, 5.41) is 23.0. The molecule has 0 aromatic carbocycles. The average molecular weight is 820 g/mol. The van der Waals surface area contributed by atoms with E-state index in [0.717, 1.165) is 64.2 Å². The molecule has 0 saturated heterocycles. The highest BCUT2D eigenvalue weighted by Crippen LogP contribution is 2.16. The van der Waals surface area contributed by atoms with Crippen LogP contribution in [0.4, 0.5) is 0 Å². The molecule has 0 radical (unpaired) electrons. The summed E-state index contributed by atoms with van der Waals surface area (Å²) in [6.07, 6.45) is 73.0. The fourth-order valence-corrected chi connectivity index (χ4v) is 7.26. The summed E-state index contributed by atoms with van der Waals surface area (Å²) in [6.45, 7) is 4.16. The third-order valence-corrected chi connectivity index (χ3v) is 11.1. The number of nitrogens with one attached hydrogen (secondary N) is 1. The molecule has 59 heavy (non-hydrogen) atoms. The van der Waals surface area contributed by atoms with E-state index in [0.29, 0.717) is 6.42 Å². The lowest BCUT2D eigenvalue weighted by Gasteiger charge is -2.19. The van der Waals surface area contributed by atoms with E-state index in [1.165, 1.54) is 154 Å². The van der Waals surface area contributed by atoms with Crippen LogP contribution < -0.4 is 5.32 Å². The Hall–Kier alpha value is -2.43. The van der Waals surface area contributed by atoms with Gasteiger partial charge in [-0.25, -0.2) is 0 Å². The van der Waals surface area contributed by atoms with E-state index in [-0.39, 0.29) is 12.5 Å². The molecule has 0 heterocycles. The van der Waals surface area contributed by atoms with Crippen molar-refractivity contribution in [2.75, 3.05) is 6.61 Å². The van der Waals surface area contributed by atoms with Gasteiger partial charge in [0.05, 0.1) is 18.8 Å². The zero-order valence-electron chi connectivity index (χ0n) is 39.0. The molecule has 0 aromatic heterocycles. The number of amides is 1. The van der Waals surface area contributed by atoms with Crippen molar-refractivity contribution in [1.29, 1.82) is 0 Å². The highest BCUT2D eigenvalue weighted by molar-refractivity contribution is 5.76. The van der Waals surface area contributed by atoms with Crippen molar-refractivity contribution in [2.45, 2.75) is 251 Å². The summed E-state index contributed by atoms with van der Waals surface area (Å²) < 4.78 is 0. The Bertz CT molecular complexity index is 1070. The molecule has 0 spiro atoms. The molecule has 340 valence electrons. The van der Waals surface area contributed by atoms with Gasteiger partial charge in [-0.1, -0.05) is 234 Å². The zero-order chi connectivity index (χ0) is 42.8. The van der Waals surface area contributed by atoms with E-state index in [1.54, 1.807) is 6.08 Å². The first-order valence-electron chi connectivity index (χ1n) is 25.3. The number of aliphatic hydroxyl groups is 2. The van der Waals surface area contributed by atoms with Gasteiger partial charge < -0.3 is 15.5 Å². The summed E-state index contributed by atoms with van der Waals surface area (Å²) in [7, 11) is 0. The maximum Gasteiger partial charge on any atom is 0.220 e. The molecule has 1 amide bonds. The van der Waals surface area contributed by atoms with Crippen molar-refractivity contribution in [3.05, 3.63) is 85.1 Å². The van der Waals surface area contributed by atoms with Crippen LogP contribution in [0.15, 0.2) is 85.1 Å². The van der Waals surface area contributed by atoms with Crippen molar-refractivity contribution in [2.24, 2.45) is 0 Å². The second-order valence-electron chi connectivity index (χ2n) is 16.8. The van der Waals surface area contributed by atoms with Gasteiger partial charge in [0.25, 0.3) is 0 Å². The molecule has 0 rings (SSSR count). The molecule has 0 aliphatic heterocycles. The Labute approximate surface area is 367 Å². The number of allylic oxidation sites excluding steroid dienone is 13. The van der Waals surface area contributed by atoms with Crippen molar-refractivity contribution < 1.29 is 15.0 Å². The maximum absolute atomic E-state index is 12.4. The number of rotatable bonds is 45. The lowest BCUT2D eigenvalue weighted by Crippen LogP contribution is -2.45.